The molecule has 8 heteroatoms. The van der Waals surface area contributed by atoms with Gasteiger partial charge in [0.1, 0.15) is 24.2 Å². The maximum absolute atomic E-state index is 12.1. The third-order valence-electron chi connectivity index (χ3n) is 3.60. The van der Waals surface area contributed by atoms with Crippen LogP contribution in [0.3, 0.4) is 0 Å². The molecule has 0 saturated heterocycles. The van der Waals surface area contributed by atoms with E-state index in [0.29, 0.717) is 23.9 Å². The summed E-state index contributed by atoms with van der Waals surface area (Å²) in [6.07, 6.45) is 0. The highest BCUT2D eigenvalue weighted by molar-refractivity contribution is 6.30. The van der Waals surface area contributed by atoms with Gasteiger partial charge in [0.05, 0.1) is 6.54 Å². The van der Waals surface area contributed by atoms with Crippen molar-refractivity contribution in [1.29, 1.82) is 5.26 Å². The number of aromatic nitrogens is 2. The molecule has 0 bridgehead atoms. The predicted octanol–water partition coefficient (Wildman–Crippen LogP) is 1.12. The van der Waals surface area contributed by atoms with Crippen molar-refractivity contribution in [1.82, 2.24) is 9.13 Å². The minimum absolute atomic E-state index is 0.0788. The van der Waals surface area contributed by atoms with Crippen LogP contribution in [0.2, 0.25) is 5.02 Å². The van der Waals surface area contributed by atoms with Crippen LogP contribution in [-0.4, -0.2) is 29.3 Å². The van der Waals surface area contributed by atoms with E-state index < -0.39 is 11.2 Å². The number of anilines is 1. The summed E-state index contributed by atoms with van der Waals surface area (Å²) in [6, 6.07) is 8.87. The van der Waals surface area contributed by atoms with Gasteiger partial charge in [-0.25, -0.2) is 4.79 Å². The lowest BCUT2D eigenvalue weighted by atomic mass is 10.3. The summed E-state index contributed by atoms with van der Waals surface area (Å²) in [6.45, 7) is 0.673. The van der Waals surface area contributed by atoms with Crippen LogP contribution in [0.5, 0.6) is 5.75 Å². The Hall–Kier alpha value is -2.72. The molecule has 0 aliphatic carbocycles. The van der Waals surface area contributed by atoms with Gasteiger partial charge in [0.2, 0.25) is 0 Å². The zero-order valence-electron chi connectivity index (χ0n) is 13.6. The van der Waals surface area contributed by atoms with Crippen molar-refractivity contribution in [3.8, 4) is 11.8 Å². The van der Waals surface area contributed by atoms with E-state index in [4.69, 9.17) is 16.3 Å². The monoisotopic (exact) mass is 348 g/mol. The van der Waals surface area contributed by atoms with Crippen LogP contribution in [0, 0.1) is 11.3 Å². The molecule has 0 radical (unpaired) electrons. The topological polar surface area (TPSA) is 80.3 Å². The first-order valence-corrected chi connectivity index (χ1v) is 7.54. The number of likely N-dealkylation sites (N-methyl/N-ethyl adjacent to an activating group) is 1. The van der Waals surface area contributed by atoms with E-state index >= 15 is 0 Å². The van der Waals surface area contributed by atoms with E-state index in [-0.39, 0.29) is 11.4 Å². The first kappa shape index (κ1) is 17.6. The summed E-state index contributed by atoms with van der Waals surface area (Å²) in [5.41, 5.74) is -1.18. The van der Waals surface area contributed by atoms with E-state index in [1.165, 1.54) is 18.7 Å². The summed E-state index contributed by atoms with van der Waals surface area (Å²) in [5, 5.41) is 9.84. The second-order valence-electron chi connectivity index (χ2n) is 5.24. The van der Waals surface area contributed by atoms with Gasteiger partial charge in [-0.15, -0.1) is 0 Å². The smallest absolute Gasteiger partial charge is 0.332 e. The predicted molar refractivity (Wildman–Crippen MR) is 91.9 cm³/mol. The molecule has 0 amide bonds. The maximum Gasteiger partial charge on any atom is 0.332 e. The largest absolute Gasteiger partial charge is 0.492 e. The molecule has 1 heterocycles. The number of nitrogens with zero attached hydrogens (tertiary/aromatic N) is 4. The molecule has 0 spiro atoms. The van der Waals surface area contributed by atoms with Crippen LogP contribution < -0.4 is 20.9 Å². The number of hydrogen-bond donors (Lipinski definition) is 0. The van der Waals surface area contributed by atoms with E-state index in [1.807, 2.05) is 6.07 Å². The molecule has 24 heavy (non-hydrogen) atoms. The lowest BCUT2D eigenvalue weighted by Crippen LogP contribution is -2.42. The Balaban J connectivity index is 2.21. The van der Waals surface area contributed by atoms with Crippen LogP contribution >= 0.6 is 11.6 Å². The highest BCUT2D eigenvalue weighted by Gasteiger charge is 2.18. The highest BCUT2D eigenvalue weighted by Crippen LogP contribution is 2.17. The lowest BCUT2D eigenvalue weighted by Gasteiger charge is -2.23. The average molecular weight is 349 g/mol. The molecule has 0 N–H and O–H groups in total. The van der Waals surface area contributed by atoms with Gasteiger partial charge in [-0.2, -0.15) is 5.26 Å². The standard InChI is InChI=1S/C16H17ClN4O3/c1-19(7-8-24-12-6-4-5-11(17)9-12)14-13(10-18)15(22)21(3)16(23)20(14)2/h4-6,9H,7-8H2,1-3H3. The Kier molecular flexibility index (Phi) is 5.31. The van der Waals surface area contributed by atoms with Gasteiger partial charge in [-0.05, 0) is 18.2 Å². The SMILES string of the molecule is CN(CCOc1cccc(Cl)c1)c1c(C#N)c(=O)n(C)c(=O)n1C. The summed E-state index contributed by atoms with van der Waals surface area (Å²) >= 11 is 5.89. The quantitative estimate of drug-likeness (QED) is 0.809. The van der Waals surface area contributed by atoms with E-state index in [1.54, 1.807) is 36.2 Å². The van der Waals surface area contributed by atoms with Crippen molar-refractivity contribution in [2.45, 2.75) is 0 Å². The van der Waals surface area contributed by atoms with Gasteiger partial charge in [-0.3, -0.25) is 13.9 Å². The van der Waals surface area contributed by atoms with Crippen molar-refractivity contribution in [3.05, 3.63) is 55.7 Å². The normalized spacial score (nSPS) is 10.3. The average Bonchev–Trinajstić information content (AvgIpc) is 2.56. The molecule has 0 unspecified atom stereocenters. The Bertz CT molecular complexity index is 911. The molecule has 2 rings (SSSR count). The zero-order chi connectivity index (χ0) is 17.9. The fourth-order valence-corrected chi connectivity index (χ4v) is 2.52. The van der Waals surface area contributed by atoms with Crippen LogP contribution in [0.15, 0.2) is 33.9 Å². The third-order valence-corrected chi connectivity index (χ3v) is 3.83. The Morgan fingerprint density at radius 1 is 1.29 bits per heavy atom. The second kappa shape index (κ2) is 7.23. The molecule has 7 nitrogen and oxygen atoms in total. The number of ether oxygens (including phenoxy) is 1. The Morgan fingerprint density at radius 3 is 2.62 bits per heavy atom. The molecule has 1 aromatic carbocycles. The van der Waals surface area contributed by atoms with E-state index in [2.05, 4.69) is 0 Å². The molecule has 0 saturated carbocycles. The zero-order valence-corrected chi connectivity index (χ0v) is 14.4. The van der Waals surface area contributed by atoms with Crippen molar-refractivity contribution < 1.29 is 4.74 Å². The van der Waals surface area contributed by atoms with Gasteiger partial charge in [-0.1, -0.05) is 17.7 Å². The second-order valence-corrected chi connectivity index (χ2v) is 5.68. The Morgan fingerprint density at radius 2 is 2.00 bits per heavy atom. The van der Waals surface area contributed by atoms with Gasteiger partial charge in [0.15, 0.2) is 5.56 Å². The van der Waals surface area contributed by atoms with Crippen LogP contribution in [0.25, 0.3) is 0 Å². The molecule has 1 aromatic heterocycles. The van der Waals surface area contributed by atoms with E-state index in [9.17, 15) is 14.9 Å². The van der Waals surface area contributed by atoms with Gasteiger partial charge in [0, 0.05) is 26.2 Å². The molecule has 0 fully saturated rings. The van der Waals surface area contributed by atoms with Crippen molar-refractivity contribution in [3.63, 3.8) is 0 Å². The molecule has 2 aromatic rings. The minimum atomic E-state index is -0.613. The fourth-order valence-electron chi connectivity index (χ4n) is 2.34. The van der Waals surface area contributed by atoms with Crippen LogP contribution in [0.1, 0.15) is 5.56 Å². The summed E-state index contributed by atoms with van der Waals surface area (Å²) in [5.74, 6) is 0.884. The number of nitriles is 1. The summed E-state index contributed by atoms with van der Waals surface area (Å²) in [7, 11) is 4.56. The molecule has 0 aliphatic rings. The first-order valence-electron chi connectivity index (χ1n) is 7.16. The van der Waals surface area contributed by atoms with Gasteiger partial charge < -0.3 is 9.64 Å². The number of halogens is 1. The molecule has 126 valence electrons. The van der Waals surface area contributed by atoms with Crippen LogP contribution in [-0.2, 0) is 14.1 Å². The molecular formula is C16H17ClN4O3. The highest BCUT2D eigenvalue weighted by atomic mass is 35.5. The van der Waals surface area contributed by atoms with E-state index in [0.717, 1.165) is 4.57 Å². The number of hydrogen-bond acceptors (Lipinski definition) is 5. The third kappa shape index (κ3) is 3.44. The molecule has 0 atom stereocenters. The summed E-state index contributed by atoms with van der Waals surface area (Å²) < 4.78 is 7.79. The van der Waals surface area contributed by atoms with Crippen LogP contribution in [0.4, 0.5) is 5.82 Å². The maximum atomic E-state index is 12.1. The van der Waals surface area contributed by atoms with Crippen molar-refractivity contribution >= 4 is 17.4 Å². The van der Waals surface area contributed by atoms with Gasteiger partial charge in [0.25, 0.3) is 5.56 Å². The fraction of sp³-hybridized carbons (Fsp3) is 0.312. The van der Waals surface area contributed by atoms with Gasteiger partial charge >= 0.3 is 5.69 Å². The Labute approximate surface area is 143 Å². The molecular weight excluding hydrogens is 332 g/mol. The lowest BCUT2D eigenvalue weighted by molar-refractivity contribution is 0.325. The van der Waals surface area contributed by atoms with Crippen molar-refractivity contribution in [2.75, 3.05) is 25.1 Å². The number of rotatable bonds is 5. The molecule has 0 aliphatic heterocycles. The first-order chi connectivity index (χ1) is 11.4. The summed E-state index contributed by atoms with van der Waals surface area (Å²) in [4.78, 5) is 25.8. The van der Waals surface area contributed by atoms with Crippen molar-refractivity contribution in [2.24, 2.45) is 14.1 Å². The minimum Gasteiger partial charge on any atom is -0.492 e. The number of benzene rings is 1.